The maximum absolute atomic E-state index is 12.3. The molecule has 26 heavy (non-hydrogen) atoms. The van der Waals surface area contributed by atoms with Gasteiger partial charge in [0.1, 0.15) is 0 Å². The maximum atomic E-state index is 12.3. The van der Waals surface area contributed by atoms with Crippen LogP contribution in [0, 0.1) is 6.92 Å². The number of hydrogen-bond acceptors (Lipinski definition) is 6. The van der Waals surface area contributed by atoms with Crippen molar-refractivity contribution in [1.29, 1.82) is 0 Å². The number of methoxy groups -OCH3 is 3. The van der Waals surface area contributed by atoms with Crippen LogP contribution in [0.15, 0.2) is 30.3 Å². The quantitative estimate of drug-likeness (QED) is 0.598. The lowest BCUT2D eigenvalue weighted by molar-refractivity contribution is -0.117. The van der Waals surface area contributed by atoms with Gasteiger partial charge >= 0.3 is 0 Å². The molecule has 0 aliphatic rings. The largest absolute Gasteiger partial charge is 0.493 e. The van der Waals surface area contributed by atoms with Crippen LogP contribution in [-0.2, 0) is 4.79 Å². The van der Waals surface area contributed by atoms with Crippen LogP contribution in [0.1, 0.15) is 20.1 Å². The maximum Gasteiger partial charge on any atom is 0.269 e. The molecule has 0 spiro atoms. The van der Waals surface area contributed by atoms with E-state index in [1.54, 1.807) is 17.4 Å². The van der Waals surface area contributed by atoms with Gasteiger partial charge < -0.3 is 14.2 Å². The highest BCUT2D eigenvalue weighted by atomic mass is 32.1. The zero-order valence-corrected chi connectivity index (χ0v) is 15.7. The SMILES string of the molecule is COc1cc(C(=O)NNC(=O)/C=C/c2ccc(C)s2)cc(OC)c1OC. The summed E-state index contributed by atoms with van der Waals surface area (Å²) in [5, 5.41) is 0. The highest BCUT2D eigenvalue weighted by Gasteiger charge is 2.17. The third kappa shape index (κ3) is 4.76. The van der Waals surface area contributed by atoms with Gasteiger partial charge in [0.15, 0.2) is 11.5 Å². The van der Waals surface area contributed by atoms with E-state index in [1.165, 1.54) is 39.5 Å². The Morgan fingerprint density at radius 2 is 1.65 bits per heavy atom. The summed E-state index contributed by atoms with van der Waals surface area (Å²) in [7, 11) is 4.39. The Morgan fingerprint density at radius 3 is 2.15 bits per heavy atom. The van der Waals surface area contributed by atoms with Gasteiger partial charge in [-0.25, -0.2) is 0 Å². The van der Waals surface area contributed by atoms with E-state index >= 15 is 0 Å². The van der Waals surface area contributed by atoms with Crippen LogP contribution < -0.4 is 25.1 Å². The molecule has 0 fully saturated rings. The Bertz CT molecular complexity index is 804. The molecule has 0 saturated heterocycles. The second-order valence-electron chi connectivity index (χ2n) is 5.14. The minimum Gasteiger partial charge on any atom is -0.493 e. The van der Waals surface area contributed by atoms with Gasteiger partial charge in [0.05, 0.1) is 21.3 Å². The van der Waals surface area contributed by atoms with Crippen LogP contribution >= 0.6 is 11.3 Å². The molecular formula is C18H20N2O5S. The molecule has 0 radical (unpaired) electrons. The predicted octanol–water partition coefficient (Wildman–Crippen LogP) is 2.56. The van der Waals surface area contributed by atoms with Crippen LogP contribution in [0.5, 0.6) is 17.2 Å². The summed E-state index contributed by atoms with van der Waals surface area (Å²) in [4.78, 5) is 26.2. The highest BCUT2D eigenvalue weighted by Crippen LogP contribution is 2.38. The number of hydrogen-bond donors (Lipinski definition) is 2. The molecule has 0 aliphatic heterocycles. The third-order valence-electron chi connectivity index (χ3n) is 3.39. The average Bonchev–Trinajstić information content (AvgIpc) is 3.08. The van der Waals surface area contributed by atoms with Gasteiger partial charge in [-0.1, -0.05) is 0 Å². The number of ether oxygens (including phenoxy) is 3. The second kappa shape index (κ2) is 8.91. The standard InChI is InChI=1S/C18H20N2O5S/c1-11-5-6-13(26-11)7-8-16(21)19-20-18(22)12-9-14(23-2)17(25-4)15(10-12)24-3/h5-10H,1-4H3,(H,19,21)(H,20,22)/b8-7+. The van der Waals surface area contributed by atoms with Crippen molar-refractivity contribution >= 4 is 29.2 Å². The fourth-order valence-corrected chi connectivity index (χ4v) is 2.93. The van der Waals surface area contributed by atoms with E-state index < -0.39 is 11.8 Å². The number of benzene rings is 1. The molecule has 0 bridgehead atoms. The normalized spacial score (nSPS) is 10.5. The highest BCUT2D eigenvalue weighted by molar-refractivity contribution is 7.12. The predicted molar refractivity (Wildman–Crippen MR) is 99.8 cm³/mol. The first kappa shape index (κ1) is 19.3. The summed E-state index contributed by atoms with van der Waals surface area (Å²) in [6, 6.07) is 6.87. The number of aryl methyl sites for hydroxylation is 1. The summed E-state index contributed by atoms with van der Waals surface area (Å²) in [5.41, 5.74) is 4.92. The van der Waals surface area contributed by atoms with Crippen molar-refractivity contribution in [3.05, 3.63) is 45.7 Å². The Morgan fingerprint density at radius 1 is 1.00 bits per heavy atom. The molecule has 8 heteroatoms. The lowest BCUT2D eigenvalue weighted by atomic mass is 10.1. The molecule has 1 aromatic carbocycles. The summed E-state index contributed by atoms with van der Waals surface area (Å²) in [6.45, 7) is 1.99. The molecule has 7 nitrogen and oxygen atoms in total. The minimum absolute atomic E-state index is 0.248. The van der Waals surface area contributed by atoms with Gasteiger partial charge in [0, 0.05) is 21.4 Å². The number of carbonyl (C=O) groups is 2. The fraction of sp³-hybridized carbons (Fsp3) is 0.222. The van der Waals surface area contributed by atoms with Crippen molar-refractivity contribution < 1.29 is 23.8 Å². The Hall–Kier alpha value is -3.00. The number of thiophene rings is 1. The Balaban J connectivity index is 2.03. The number of rotatable bonds is 6. The molecule has 0 aliphatic carbocycles. The summed E-state index contributed by atoms with van der Waals surface area (Å²) >= 11 is 1.57. The molecular weight excluding hydrogens is 356 g/mol. The minimum atomic E-state index is -0.516. The zero-order valence-electron chi connectivity index (χ0n) is 14.9. The monoisotopic (exact) mass is 376 g/mol. The smallest absolute Gasteiger partial charge is 0.269 e. The van der Waals surface area contributed by atoms with Crippen molar-refractivity contribution in [1.82, 2.24) is 10.9 Å². The Labute approximate surface area is 155 Å². The average molecular weight is 376 g/mol. The van der Waals surface area contributed by atoms with E-state index in [-0.39, 0.29) is 5.56 Å². The summed E-state index contributed by atoms with van der Waals surface area (Å²) < 4.78 is 15.6. The van der Waals surface area contributed by atoms with Gasteiger partial charge in [0.25, 0.3) is 11.8 Å². The van der Waals surface area contributed by atoms with Gasteiger partial charge in [0.2, 0.25) is 5.75 Å². The van der Waals surface area contributed by atoms with Gasteiger partial charge in [-0.2, -0.15) is 0 Å². The first-order valence-electron chi connectivity index (χ1n) is 7.63. The number of nitrogens with one attached hydrogen (secondary N) is 2. The molecule has 2 amide bonds. The molecule has 1 heterocycles. The number of amides is 2. The topological polar surface area (TPSA) is 85.9 Å². The third-order valence-corrected chi connectivity index (χ3v) is 4.35. The molecule has 0 saturated carbocycles. The molecule has 2 rings (SSSR count). The van der Waals surface area contributed by atoms with E-state index in [9.17, 15) is 9.59 Å². The zero-order chi connectivity index (χ0) is 19.1. The van der Waals surface area contributed by atoms with Crippen molar-refractivity contribution in [2.24, 2.45) is 0 Å². The number of carbonyl (C=O) groups excluding carboxylic acids is 2. The first-order valence-corrected chi connectivity index (χ1v) is 8.45. The van der Waals surface area contributed by atoms with Gasteiger partial charge in [-0.05, 0) is 37.3 Å². The summed E-state index contributed by atoms with van der Waals surface area (Å²) in [6.07, 6.45) is 3.03. The van der Waals surface area contributed by atoms with Crippen LogP contribution in [0.2, 0.25) is 0 Å². The molecule has 0 unspecified atom stereocenters. The molecule has 0 atom stereocenters. The Kier molecular flexibility index (Phi) is 6.62. The van der Waals surface area contributed by atoms with E-state index in [2.05, 4.69) is 10.9 Å². The van der Waals surface area contributed by atoms with Crippen molar-refractivity contribution in [2.45, 2.75) is 6.92 Å². The lowest BCUT2D eigenvalue weighted by Crippen LogP contribution is -2.40. The fourth-order valence-electron chi connectivity index (χ4n) is 2.15. The van der Waals surface area contributed by atoms with Crippen molar-refractivity contribution in [2.75, 3.05) is 21.3 Å². The lowest BCUT2D eigenvalue weighted by Gasteiger charge is -2.14. The molecule has 1 aromatic heterocycles. The molecule has 2 N–H and O–H groups in total. The van der Waals surface area contributed by atoms with E-state index in [4.69, 9.17) is 14.2 Å². The van der Waals surface area contributed by atoms with Gasteiger partial charge in [-0.3, -0.25) is 20.4 Å². The van der Waals surface area contributed by atoms with Crippen LogP contribution in [0.3, 0.4) is 0 Å². The van der Waals surface area contributed by atoms with Crippen LogP contribution in [0.25, 0.3) is 6.08 Å². The second-order valence-corrected chi connectivity index (χ2v) is 6.46. The van der Waals surface area contributed by atoms with Crippen LogP contribution in [-0.4, -0.2) is 33.1 Å². The van der Waals surface area contributed by atoms with Gasteiger partial charge in [-0.15, -0.1) is 11.3 Å². The molecule has 2 aromatic rings. The van der Waals surface area contributed by atoms with E-state index in [0.29, 0.717) is 17.2 Å². The first-order chi connectivity index (χ1) is 12.5. The van der Waals surface area contributed by atoms with E-state index in [1.807, 2.05) is 19.1 Å². The van der Waals surface area contributed by atoms with Crippen LogP contribution in [0.4, 0.5) is 0 Å². The van der Waals surface area contributed by atoms with Crippen molar-refractivity contribution in [3.8, 4) is 17.2 Å². The van der Waals surface area contributed by atoms with E-state index in [0.717, 1.165) is 9.75 Å². The summed E-state index contributed by atoms with van der Waals surface area (Å²) in [5.74, 6) is 0.104. The molecule has 138 valence electrons. The number of hydrazine groups is 1. The van der Waals surface area contributed by atoms with Crippen molar-refractivity contribution in [3.63, 3.8) is 0 Å².